The van der Waals surface area contributed by atoms with E-state index in [1.54, 1.807) is 28.4 Å². The van der Waals surface area contributed by atoms with Crippen molar-refractivity contribution in [2.45, 2.75) is 13.0 Å². The fourth-order valence-corrected chi connectivity index (χ4v) is 6.28. The maximum Gasteiger partial charge on any atom is 0.142 e. The first-order chi connectivity index (χ1) is 21.6. The van der Waals surface area contributed by atoms with Gasteiger partial charge in [-0.15, -0.1) is 0 Å². The van der Waals surface area contributed by atoms with E-state index in [9.17, 15) is 0 Å². The highest BCUT2D eigenvalue weighted by Gasteiger charge is 2.21. The average Bonchev–Trinajstić information content (AvgIpc) is 3.65. The topological polar surface area (TPSA) is 57.6 Å². The molecule has 0 atom stereocenters. The van der Waals surface area contributed by atoms with Gasteiger partial charge in [0.2, 0.25) is 0 Å². The molecule has 0 aliphatic rings. The summed E-state index contributed by atoms with van der Waals surface area (Å²) in [6.07, 6.45) is 0.860. The first kappa shape index (κ1) is 27.5. The van der Waals surface area contributed by atoms with Crippen molar-refractivity contribution in [3.05, 3.63) is 109 Å². The van der Waals surface area contributed by atoms with Gasteiger partial charge in [-0.3, -0.25) is 0 Å². The Morgan fingerprint density at radius 3 is 1.84 bits per heavy atom. The second kappa shape index (κ2) is 11.4. The van der Waals surface area contributed by atoms with Crippen molar-refractivity contribution in [3.8, 4) is 45.4 Å². The van der Waals surface area contributed by atoms with E-state index in [1.165, 1.54) is 21.9 Å². The van der Waals surface area contributed by atoms with E-state index >= 15 is 0 Å². The van der Waals surface area contributed by atoms with Gasteiger partial charge in [0, 0.05) is 39.5 Å². The van der Waals surface area contributed by atoms with Gasteiger partial charge in [-0.05, 0) is 89.8 Å². The van der Waals surface area contributed by atoms with Crippen LogP contribution in [0.2, 0.25) is 0 Å². The predicted octanol–water partition coefficient (Wildman–Crippen LogP) is 8.89. The van der Waals surface area contributed by atoms with Crippen molar-refractivity contribution in [1.82, 2.24) is 9.55 Å². The number of aromatic nitrogens is 2. The molecule has 0 saturated heterocycles. The van der Waals surface area contributed by atoms with Crippen molar-refractivity contribution in [2.75, 3.05) is 28.4 Å². The molecule has 2 heterocycles. The fourth-order valence-electron chi connectivity index (χ4n) is 6.28. The van der Waals surface area contributed by atoms with Crippen LogP contribution in [0.25, 0.3) is 55.1 Å². The summed E-state index contributed by atoms with van der Waals surface area (Å²) in [6.45, 7) is 0.789. The van der Waals surface area contributed by atoms with Crippen LogP contribution in [-0.2, 0) is 13.0 Å². The number of para-hydroxylation sites is 1. The molecular formula is C38H34N2O4. The lowest BCUT2D eigenvalue weighted by atomic mass is 9.99. The molecule has 0 bridgehead atoms. The number of hydrogen-bond acceptors (Lipinski definition) is 4. The Kier molecular flexibility index (Phi) is 7.10. The lowest BCUT2D eigenvalue weighted by Crippen LogP contribution is -2.04. The van der Waals surface area contributed by atoms with Crippen LogP contribution in [0.5, 0.6) is 23.0 Å². The highest BCUT2D eigenvalue weighted by atomic mass is 16.5. The molecule has 0 unspecified atom stereocenters. The minimum atomic E-state index is 0.789. The van der Waals surface area contributed by atoms with Crippen LogP contribution in [-0.4, -0.2) is 38.0 Å². The number of H-pyrrole nitrogens is 1. The summed E-state index contributed by atoms with van der Waals surface area (Å²) in [7, 11) is 6.81. The summed E-state index contributed by atoms with van der Waals surface area (Å²) in [6, 6.07) is 35.8. The molecule has 6 heteroatoms. The fraction of sp³-hybridized carbons (Fsp3) is 0.158. The average molecular weight is 583 g/mol. The van der Waals surface area contributed by atoms with E-state index in [0.29, 0.717) is 0 Å². The molecule has 0 fully saturated rings. The van der Waals surface area contributed by atoms with Crippen LogP contribution in [0.1, 0.15) is 5.56 Å². The van der Waals surface area contributed by atoms with Crippen LogP contribution in [0.3, 0.4) is 0 Å². The zero-order valence-corrected chi connectivity index (χ0v) is 25.3. The van der Waals surface area contributed by atoms with Crippen LogP contribution in [0.15, 0.2) is 103 Å². The van der Waals surface area contributed by atoms with Gasteiger partial charge in [-0.25, -0.2) is 0 Å². The maximum atomic E-state index is 5.76. The summed E-state index contributed by atoms with van der Waals surface area (Å²) in [5, 5.41) is 3.51. The number of rotatable bonds is 9. The van der Waals surface area contributed by atoms with Gasteiger partial charge >= 0.3 is 0 Å². The minimum Gasteiger partial charge on any atom is -0.497 e. The van der Waals surface area contributed by atoms with E-state index in [0.717, 1.165) is 74.8 Å². The zero-order chi connectivity index (χ0) is 30.2. The number of ether oxygens (including phenoxy) is 4. The first-order valence-electron chi connectivity index (χ1n) is 14.7. The molecule has 44 heavy (non-hydrogen) atoms. The van der Waals surface area contributed by atoms with Crippen LogP contribution < -0.4 is 18.9 Å². The van der Waals surface area contributed by atoms with Crippen molar-refractivity contribution < 1.29 is 18.9 Å². The third-order valence-corrected chi connectivity index (χ3v) is 8.52. The first-order valence-corrected chi connectivity index (χ1v) is 14.7. The Labute approximate surface area is 256 Å². The van der Waals surface area contributed by atoms with E-state index < -0.39 is 0 Å². The lowest BCUT2D eigenvalue weighted by Gasteiger charge is -2.15. The van der Waals surface area contributed by atoms with Crippen LogP contribution in [0.4, 0.5) is 0 Å². The Morgan fingerprint density at radius 1 is 0.614 bits per heavy atom. The van der Waals surface area contributed by atoms with Crippen molar-refractivity contribution in [2.24, 2.45) is 0 Å². The van der Waals surface area contributed by atoms with Crippen molar-refractivity contribution >= 4 is 32.7 Å². The Hall–Kier alpha value is -5.36. The summed E-state index contributed by atoms with van der Waals surface area (Å²) in [5.41, 5.74) is 9.04. The summed E-state index contributed by atoms with van der Waals surface area (Å²) in [5.74, 6) is 3.35. The van der Waals surface area contributed by atoms with Gasteiger partial charge in [-0.1, -0.05) is 36.4 Å². The van der Waals surface area contributed by atoms with E-state index in [1.807, 2.05) is 42.5 Å². The number of nitrogens with zero attached hydrogens (tertiary/aromatic N) is 1. The second-order valence-electron chi connectivity index (χ2n) is 10.9. The largest absolute Gasteiger partial charge is 0.497 e. The van der Waals surface area contributed by atoms with Gasteiger partial charge in [0.05, 0.1) is 39.5 Å². The van der Waals surface area contributed by atoms with Gasteiger partial charge in [0.1, 0.15) is 23.0 Å². The SMILES string of the molecule is COc1ccc(CCn2c(-c3ccc(OC)cc3)cc3c4c(cc(-c5ccc(OC)cc5)c32)[nH]c2c(OC)cccc24)cc1. The molecule has 5 aromatic carbocycles. The summed E-state index contributed by atoms with van der Waals surface area (Å²) in [4.78, 5) is 3.69. The second-order valence-corrected chi connectivity index (χ2v) is 10.9. The normalized spacial score (nSPS) is 11.4. The molecule has 0 amide bonds. The zero-order valence-electron chi connectivity index (χ0n) is 25.3. The molecule has 0 radical (unpaired) electrons. The number of aromatic amines is 1. The molecule has 2 aromatic heterocycles. The molecule has 1 N–H and O–H groups in total. The van der Waals surface area contributed by atoms with Crippen molar-refractivity contribution in [3.63, 3.8) is 0 Å². The molecule has 0 saturated carbocycles. The van der Waals surface area contributed by atoms with Gasteiger partial charge in [0.25, 0.3) is 0 Å². The molecule has 0 spiro atoms. The standard InChI is InChI=1S/C38H34N2O4/c1-41-27-14-8-24(9-15-27)20-21-40-34(26-12-18-29(43-3)19-13-26)23-32-36-30-6-5-7-35(44-4)37(30)39-33(36)22-31(38(32)40)25-10-16-28(42-2)17-11-25/h5-19,22-23,39H,20-21H2,1-4H3. The maximum absolute atomic E-state index is 5.76. The predicted molar refractivity (Wildman–Crippen MR) is 179 cm³/mol. The quantitative estimate of drug-likeness (QED) is 0.185. The lowest BCUT2D eigenvalue weighted by molar-refractivity contribution is 0.414. The number of fused-ring (bicyclic) bond motifs is 5. The smallest absolute Gasteiger partial charge is 0.142 e. The third-order valence-electron chi connectivity index (χ3n) is 8.52. The van der Waals surface area contributed by atoms with Gasteiger partial charge in [-0.2, -0.15) is 0 Å². The van der Waals surface area contributed by atoms with Gasteiger partial charge in [0.15, 0.2) is 0 Å². The number of hydrogen-bond donors (Lipinski definition) is 1. The Morgan fingerprint density at radius 2 is 1.23 bits per heavy atom. The van der Waals surface area contributed by atoms with Gasteiger partial charge < -0.3 is 28.5 Å². The van der Waals surface area contributed by atoms with E-state index in [-0.39, 0.29) is 0 Å². The number of aryl methyl sites for hydroxylation is 2. The number of methoxy groups -OCH3 is 4. The molecule has 6 nitrogen and oxygen atoms in total. The molecular weight excluding hydrogens is 548 g/mol. The summed E-state index contributed by atoms with van der Waals surface area (Å²) < 4.78 is 24.6. The highest BCUT2D eigenvalue weighted by Crippen LogP contribution is 2.44. The number of benzene rings is 5. The van der Waals surface area contributed by atoms with Crippen LogP contribution in [0, 0.1) is 0 Å². The van der Waals surface area contributed by atoms with Crippen molar-refractivity contribution in [1.29, 1.82) is 0 Å². The van der Waals surface area contributed by atoms with Crippen LogP contribution >= 0.6 is 0 Å². The molecule has 0 aliphatic carbocycles. The molecule has 7 aromatic rings. The Bertz CT molecular complexity index is 2090. The highest BCUT2D eigenvalue weighted by molar-refractivity contribution is 6.24. The third kappa shape index (κ3) is 4.69. The summed E-state index contributed by atoms with van der Waals surface area (Å²) >= 11 is 0. The molecule has 220 valence electrons. The molecule has 7 rings (SSSR count). The van der Waals surface area contributed by atoms with E-state index in [4.69, 9.17) is 18.9 Å². The molecule has 0 aliphatic heterocycles. The Balaban J connectivity index is 1.53. The minimum absolute atomic E-state index is 0.789. The monoisotopic (exact) mass is 582 g/mol. The number of nitrogens with one attached hydrogen (secondary N) is 1. The van der Waals surface area contributed by atoms with E-state index in [2.05, 4.69) is 70.2 Å².